The zero-order valence-electron chi connectivity index (χ0n) is 23.3. The van der Waals surface area contributed by atoms with E-state index >= 15 is 0 Å². The Labute approximate surface area is 243 Å². The first-order valence-corrected chi connectivity index (χ1v) is 13.5. The van der Waals surface area contributed by atoms with E-state index in [9.17, 15) is 14.8 Å². The number of nitrogens with zero attached hydrogens (tertiary/aromatic N) is 2. The molecule has 0 bridgehead atoms. The predicted octanol–water partition coefficient (Wildman–Crippen LogP) is 7.47. The predicted molar refractivity (Wildman–Crippen MR) is 160 cm³/mol. The number of hydrogen-bond donors (Lipinski definition) is 1. The average molecular weight is 563 g/mol. The molecule has 0 saturated heterocycles. The van der Waals surface area contributed by atoms with Gasteiger partial charge >= 0.3 is 5.97 Å². The summed E-state index contributed by atoms with van der Waals surface area (Å²) in [5.41, 5.74) is 4.08. The first-order chi connectivity index (χ1) is 20.5. The van der Waals surface area contributed by atoms with Crippen molar-refractivity contribution in [3.63, 3.8) is 0 Å². The van der Waals surface area contributed by atoms with E-state index in [2.05, 4.69) is 5.18 Å². The third-order valence-corrected chi connectivity index (χ3v) is 6.86. The molecule has 1 unspecified atom stereocenters. The van der Waals surface area contributed by atoms with Gasteiger partial charge in [0.1, 0.15) is 18.4 Å². The number of rotatable bonds is 11. The summed E-state index contributed by atoms with van der Waals surface area (Å²) in [7, 11) is 1.57. The summed E-state index contributed by atoms with van der Waals surface area (Å²) in [6, 6.07) is 31.6. The maximum Gasteiger partial charge on any atom is 0.338 e. The normalized spacial score (nSPS) is 11.5. The van der Waals surface area contributed by atoms with E-state index in [0.29, 0.717) is 33.8 Å². The highest BCUT2D eigenvalue weighted by Gasteiger charge is 2.33. The van der Waals surface area contributed by atoms with E-state index in [1.54, 1.807) is 67.1 Å². The third-order valence-electron chi connectivity index (χ3n) is 6.86. The first kappa shape index (κ1) is 28.2. The highest BCUT2D eigenvalue weighted by atomic mass is 16.5. The number of nitroso groups, excluding NO2 is 1. The van der Waals surface area contributed by atoms with Crippen molar-refractivity contribution in [3.8, 4) is 34.3 Å². The smallest absolute Gasteiger partial charge is 0.338 e. The van der Waals surface area contributed by atoms with Gasteiger partial charge in [-0.15, -0.1) is 4.91 Å². The molecule has 0 amide bonds. The minimum atomic E-state index is -1.03. The Kier molecular flexibility index (Phi) is 8.63. The van der Waals surface area contributed by atoms with Gasteiger partial charge in [0.25, 0.3) is 0 Å². The van der Waals surface area contributed by atoms with Crippen molar-refractivity contribution in [1.82, 2.24) is 4.57 Å². The second-order valence-corrected chi connectivity index (χ2v) is 9.44. The lowest BCUT2D eigenvalue weighted by molar-refractivity contribution is 0.0526. The van der Waals surface area contributed by atoms with Crippen LogP contribution in [0.15, 0.2) is 114 Å². The van der Waals surface area contributed by atoms with Gasteiger partial charge in [0.15, 0.2) is 5.75 Å². The second kappa shape index (κ2) is 12.9. The van der Waals surface area contributed by atoms with Crippen molar-refractivity contribution in [1.29, 1.82) is 0 Å². The van der Waals surface area contributed by atoms with Crippen LogP contribution in [0.5, 0.6) is 17.4 Å². The standard InChI is InChI=1S/C34H30N2O6/c1-3-41-34(38)26-14-18-27(19-15-26)36-31(25-12-8-5-9-13-25)29(30(35-39)24-16-20-28(40-2)21-17-24)32(33(36)37)42-22-23-10-6-4-7-11-23/h4-21,30,37H,3,22H2,1-2H3. The molecule has 1 aromatic heterocycles. The van der Waals surface area contributed by atoms with E-state index in [1.807, 2.05) is 60.7 Å². The quantitative estimate of drug-likeness (QED) is 0.132. The lowest BCUT2D eigenvalue weighted by atomic mass is 9.95. The van der Waals surface area contributed by atoms with Crippen molar-refractivity contribution in [3.05, 3.63) is 136 Å². The Hall–Kier alpha value is -5.37. The van der Waals surface area contributed by atoms with Crippen LogP contribution in [0.2, 0.25) is 0 Å². The number of esters is 1. The fourth-order valence-corrected chi connectivity index (χ4v) is 4.84. The van der Waals surface area contributed by atoms with Gasteiger partial charge < -0.3 is 19.3 Å². The van der Waals surface area contributed by atoms with Crippen molar-refractivity contribution < 1.29 is 24.1 Å². The molecule has 1 atom stereocenters. The Morgan fingerprint density at radius 3 is 2.12 bits per heavy atom. The molecule has 0 fully saturated rings. The van der Waals surface area contributed by atoms with E-state index in [0.717, 1.165) is 11.1 Å². The SMILES string of the molecule is CCOC(=O)c1ccc(-n2c(O)c(OCc3ccccc3)c(C(N=O)c3ccc(OC)cc3)c2-c2ccccc2)cc1. The number of aromatic hydroxyl groups is 1. The summed E-state index contributed by atoms with van der Waals surface area (Å²) in [4.78, 5) is 24.9. The van der Waals surface area contributed by atoms with Crippen molar-refractivity contribution in [2.45, 2.75) is 19.6 Å². The molecule has 212 valence electrons. The molecule has 5 aromatic rings. The fourth-order valence-electron chi connectivity index (χ4n) is 4.84. The summed E-state index contributed by atoms with van der Waals surface area (Å²) in [5, 5.41) is 15.3. The molecule has 0 spiro atoms. The van der Waals surface area contributed by atoms with Gasteiger partial charge in [0.05, 0.1) is 30.5 Å². The number of aromatic nitrogens is 1. The van der Waals surface area contributed by atoms with E-state index in [1.165, 1.54) is 0 Å². The largest absolute Gasteiger partial charge is 0.497 e. The van der Waals surface area contributed by atoms with Gasteiger partial charge in [-0.2, -0.15) is 0 Å². The highest BCUT2D eigenvalue weighted by molar-refractivity contribution is 5.89. The van der Waals surface area contributed by atoms with Gasteiger partial charge in [-0.3, -0.25) is 4.57 Å². The molecule has 42 heavy (non-hydrogen) atoms. The summed E-state index contributed by atoms with van der Waals surface area (Å²) < 4.78 is 18.3. The number of methoxy groups -OCH3 is 1. The minimum Gasteiger partial charge on any atom is -0.497 e. The molecule has 4 aromatic carbocycles. The number of carbonyl (C=O) groups is 1. The lowest BCUT2D eigenvalue weighted by Gasteiger charge is -2.16. The minimum absolute atomic E-state index is 0.132. The molecule has 0 saturated carbocycles. The zero-order valence-corrected chi connectivity index (χ0v) is 23.3. The van der Waals surface area contributed by atoms with E-state index in [4.69, 9.17) is 14.2 Å². The van der Waals surface area contributed by atoms with Crippen LogP contribution in [-0.4, -0.2) is 29.4 Å². The Morgan fingerprint density at radius 2 is 1.52 bits per heavy atom. The third kappa shape index (κ3) is 5.74. The van der Waals surface area contributed by atoms with Crippen LogP contribution < -0.4 is 9.47 Å². The first-order valence-electron chi connectivity index (χ1n) is 13.5. The monoisotopic (exact) mass is 562 g/mol. The van der Waals surface area contributed by atoms with E-state index < -0.39 is 12.0 Å². The number of hydrogen-bond acceptors (Lipinski definition) is 7. The molecule has 5 rings (SSSR count). The fraction of sp³-hybridized carbons (Fsp3) is 0.147. The summed E-state index contributed by atoms with van der Waals surface area (Å²) in [6.07, 6.45) is 0. The van der Waals surface area contributed by atoms with Crippen LogP contribution in [0.4, 0.5) is 0 Å². The Bertz CT molecular complexity index is 1650. The molecular weight excluding hydrogens is 532 g/mol. The summed E-state index contributed by atoms with van der Waals surface area (Å²) >= 11 is 0. The molecular formula is C34H30N2O6. The summed E-state index contributed by atoms with van der Waals surface area (Å²) in [5.74, 6) is 0.120. The van der Waals surface area contributed by atoms with E-state index in [-0.39, 0.29) is 24.8 Å². The molecule has 1 heterocycles. The number of carbonyl (C=O) groups excluding carboxylic acids is 1. The Morgan fingerprint density at radius 1 is 0.881 bits per heavy atom. The summed E-state index contributed by atoms with van der Waals surface area (Å²) in [6.45, 7) is 2.15. The molecule has 0 aliphatic rings. The van der Waals surface area contributed by atoms with Crippen LogP contribution in [0.3, 0.4) is 0 Å². The van der Waals surface area contributed by atoms with Crippen LogP contribution in [0, 0.1) is 4.91 Å². The van der Waals surface area contributed by atoms with Gasteiger partial charge in [-0.1, -0.05) is 78.0 Å². The molecule has 8 nitrogen and oxygen atoms in total. The number of benzene rings is 4. The van der Waals surface area contributed by atoms with Crippen molar-refractivity contribution in [2.24, 2.45) is 5.18 Å². The van der Waals surface area contributed by atoms with Gasteiger partial charge in [-0.05, 0) is 60.0 Å². The van der Waals surface area contributed by atoms with Crippen molar-refractivity contribution in [2.75, 3.05) is 13.7 Å². The lowest BCUT2D eigenvalue weighted by Crippen LogP contribution is -2.06. The van der Waals surface area contributed by atoms with Crippen LogP contribution in [0.25, 0.3) is 16.9 Å². The van der Waals surface area contributed by atoms with Crippen LogP contribution >= 0.6 is 0 Å². The Balaban J connectivity index is 1.74. The van der Waals surface area contributed by atoms with Crippen molar-refractivity contribution >= 4 is 5.97 Å². The maximum atomic E-state index is 12.6. The second-order valence-electron chi connectivity index (χ2n) is 9.44. The molecule has 8 heteroatoms. The van der Waals surface area contributed by atoms with Crippen LogP contribution in [0.1, 0.15) is 40.0 Å². The highest BCUT2D eigenvalue weighted by Crippen LogP contribution is 2.49. The van der Waals surface area contributed by atoms with Gasteiger partial charge in [0.2, 0.25) is 5.88 Å². The topological polar surface area (TPSA) is 99.4 Å². The van der Waals surface area contributed by atoms with Crippen LogP contribution in [-0.2, 0) is 11.3 Å². The van der Waals surface area contributed by atoms with Gasteiger partial charge in [-0.25, -0.2) is 4.79 Å². The maximum absolute atomic E-state index is 12.6. The molecule has 0 radical (unpaired) electrons. The molecule has 0 aliphatic heterocycles. The molecule has 1 N–H and O–H groups in total. The average Bonchev–Trinajstić information content (AvgIpc) is 3.33. The van der Waals surface area contributed by atoms with Gasteiger partial charge in [0, 0.05) is 5.69 Å². The zero-order chi connectivity index (χ0) is 29.5. The molecule has 0 aliphatic carbocycles. The number of ether oxygens (including phenoxy) is 3.